The van der Waals surface area contributed by atoms with Gasteiger partial charge in [0.25, 0.3) is 11.8 Å². The predicted octanol–water partition coefficient (Wildman–Crippen LogP) is 2.74. The molecule has 2 aliphatic heterocycles. The Morgan fingerprint density at radius 2 is 1.86 bits per heavy atom. The van der Waals surface area contributed by atoms with Gasteiger partial charge in [-0.25, -0.2) is 9.69 Å². The maximum Gasteiger partial charge on any atom is 0.335 e. The Bertz CT molecular complexity index is 1020. The molecule has 4 rings (SSSR count). The molecule has 0 bridgehead atoms. The number of morpholine rings is 1. The number of nitrogens with zero attached hydrogens (tertiary/aromatic N) is 2. The van der Waals surface area contributed by atoms with E-state index in [-0.39, 0.29) is 5.57 Å². The zero-order chi connectivity index (χ0) is 20.5. The lowest BCUT2D eigenvalue weighted by Gasteiger charge is -2.27. The summed E-state index contributed by atoms with van der Waals surface area (Å²) in [6, 6.07) is 7.50. The Kier molecular flexibility index (Phi) is 5.12. The second-order valence-corrected chi connectivity index (χ2v) is 7.02. The van der Waals surface area contributed by atoms with Crippen LogP contribution >= 0.6 is 11.6 Å². The molecule has 0 atom stereocenters. The van der Waals surface area contributed by atoms with Crippen LogP contribution in [0.25, 0.3) is 6.08 Å². The summed E-state index contributed by atoms with van der Waals surface area (Å²) in [4.78, 5) is 40.6. The highest BCUT2D eigenvalue weighted by molar-refractivity contribution is 6.39. The average Bonchev–Trinajstić information content (AvgIpc) is 3.18. The van der Waals surface area contributed by atoms with E-state index in [4.69, 9.17) is 20.8 Å². The van der Waals surface area contributed by atoms with Gasteiger partial charge in [-0.1, -0.05) is 17.7 Å². The van der Waals surface area contributed by atoms with Crippen LogP contribution in [0.3, 0.4) is 0 Å². The first-order valence-corrected chi connectivity index (χ1v) is 9.42. The smallest absolute Gasteiger partial charge is 0.335 e. The number of carbonyl (C=O) groups is 3. The van der Waals surface area contributed by atoms with Crippen LogP contribution in [0.4, 0.5) is 16.4 Å². The predicted molar refractivity (Wildman–Crippen MR) is 107 cm³/mol. The van der Waals surface area contributed by atoms with Crippen molar-refractivity contribution in [3.8, 4) is 0 Å². The van der Waals surface area contributed by atoms with E-state index in [1.807, 2.05) is 4.90 Å². The molecule has 1 aromatic heterocycles. The van der Waals surface area contributed by atoms with Gasteiger partial charge in [-0.3, -0.25) is 14.9 Å². The molecule has 150 valence electrons. The second kappa shape index (κ2) is 7.73. The molecular weight excluding hydrogens is 398 g/mol. The molecule has 3 heterocycles. The summed E-state index contributed by atoms with van der Waals surface area (Å²) in [6.07, 6.45) is 1.33. The SMILES string of the molecule is Cc1c(Cl)cccc1N1C(=O)NC(=O)/C(=C\c2ccc(N3CCOCC3)o2)C1=O. The highest BCUT2D eigenvalue weighted by Gasteiger charge is 2.37. The van der Waals surface area contributed by atoms with E-state index in [1.54, 1.807) is 37.3 Å². The largest absolute Gasteiger partial charge is 0.441 e. The Labute approximate surface area is 171 Å². The summed E-state index contributed by atoms with van der Waals surface area (Å²) in [5.41, 5.74) is 0.665. The lowest BCUT2D eigenvalue weighted by atomic mass is 10.1. The van der Waals surface area contributed by atoms with Crippen molar-refractivity contribution in [2.45, 2.75) is 6.92 Å². The van der Waals surface area contributed by atoms with Gasteiger partial charge in [0.2, 0.25) is 0 Å². The normalized spacial score (nSPS) is 19.1. The van der Waals surface area contributed by atoms with Crippen molar-refractivity contribution in [3.05, 3.63) is 52.3 Å². The number of urea groups is 1. The summed E-state index contributed by atoms with van der Waals surface area (Å²) in [5, 5.41) is 2.60. The minimum atomic E-state index is -0.823. The van der Waals surface area contributed by atoms with Crippen molar-refractivity contribution in [1.82, 2.24) is 5.32 Å². The van der Waals surface area contributed by atoms with Gasteiger partial charge < -0.3 is 14.1 Å². The molecule has 1 aromatic carbocycles. The van der Waals surface area contributed by atoms with Crippen LogP contribution < -0.4 is 15.1 Å². The Morgan fingerprint density at radius 1 is 1.10 bits per heavy atom. The number of hydrogen-bond acceptors (Lipinski definition) is 6. The summed E-state index contributed by atoms with van der Waals surface area (Å²) in [6.45, 7) is 4.29. The van der Waals surface area contributed by atoms with Crippen molar-refractivity contribution in [1.29, 1.82) is 0 Å². The fourth-order valence-electron chi connectivity index (χ4n) is 3.23. The maximum absolute atomic E-state index is 13.0. The van der Waals surface area contributed by atoms with Crippen molar-refractivity contribution in [3.63, 3.8) is 0 Å². The van der Waals surface area contributed by atoms with Crippen LogP contribution in [0.1, 0.15) is 11.3 Å². The first kappa shape index (κ1) is 19.2. The van der Waals surface area contributed by atoms with E-state index in [0.717, 1.165) is 4.90 Å². The first-order chi connectivity index (χ1) is 14.0. The maximum atomic E-state index is 13.0. The van der Waals surface area contributed by atoms with Crippen LogP contribution in [0.2, 0.25) is 5.02 Å². The molecule has 1 N–H and O–H groups in total. The van der Waals surface area contributed by atoms with Gasteiger partial charge in [0, 0.05) is 24.2 Å². The molecule has 2 aliphatic rings. The molecule has 0 spiro atoms. The number of rotatable bonds is 3. The molecular formula is C20H18ClN3O5. The van der Waals surface area contributed by atoms with Crippen molar-refractivity contribution in [2.24, 2.45) is 0 Å². The van der Waals surface area contributed by atoms with Crippen LogP contribution in [0, 0.1) is 6.92 Å². The van der Waals surface area contributed by atoms with Crippen LogP contribution in [0.15, 0.2) is 40.3 Å². The molecule has 4 amide bonds. The molecule has 29 heavy (non-hydrogen) atoms. The minimum Gasteiger partial charge on any atom is -0.441 e. The number of imide groups is 2. The highest BCUT2D eigenvalue weighted by atomic mass is 35.5. The van der Waals surface area contributed by atoms with Gasteiger partial charge in [-0.15, -0.1) is 0 Å². The van der Waals surface area contributed by atoms with E-state index in [9.17, 15) is 14.4 Å². The number of ether oxygens (including phenoxy) is 1. The second-order valence-electron chi connectivity index (χ2n) is 6.62. The third-order valence-corrected chi connectivity index (χ3v) is 5.21. The van der Waals surface area contributed by atoms with E-state index in [2.05, 4.69) is 5.32 Å². The van der Waals surface area contributed by atoms with E-state index < -0.39 is 17.8 Å². The topological polar surface area (TPSA) is 92.1 Å². The molecule has 2 fully saturated rings. The fraction of sp³-hybridized carbons (Fsp3) is 0.250. The molecule has 2 aromatic rings. The van der Waals surface area contributed by atoms with Crippen LogP contribution in [-0.2, 0) is 14.3 Å². The Morgan fingerprint density at radius 3 is 2.62 bits per heavy atom. The number of hydrogen-bond donors (Lipinski definition) is 1. The van der Waals surface area contributed by atoms with Crippen LogP contribution in [-0.4, -0.2) is 44.1 Å². The molecule has 0 radical (unpaired) electrons. The summed E-state index contributed by atoms with van der Waals surface area (Å²) < 4.78 is 11.1. The quantitative estimate of drug-likeness (QED) is 0.612. The minimum absolute atomic E-state index is 0.202. The third kappa shape index (κ3) is 3.64. The molecule has 0 aliphatic carbocycles. The Balaban J connectivity index is 1.65. The monoisotopic (exact) mass is 415 g/mol. The van der Waals surface area contributed by atoms with Gasteiger partial charge in [0.05, 0.1) is 18.9 Å². The van der Waals surface area contributed by atoms with Crippen molar-refractivity contribution in [2.75, 3.05) is 36.1 Å². The van der Waals surface area contributed by atoms with Gasteiger partial charge in [0.1, 0.15) is 11.3 Å². The number of anilines is 2. The summed E-state index contributed by atoms with van der Waals surface area (Å²) >= 11 is 6.12. The summed E-state index contributed by atoms with van der Waals surface area (Å²) in [5.74, 6) is -0.557. The number of furan rings is 1. The molecule has 0 unspecified atom stereocenters. The van der Waals surface area contributed by atoms with Crippen molar-refractivity contribution < 1.29 is 23.5 Å². The van der Waals surface area contributed by atoms with Gasteiger partial charge in [-0.2, -0.15) is 0 Å². The standard InChI is InChI=1S/C20H18ClN3O5/c1-12-15(21)3-2-4-16(12)24-19(26)14(18(25)22-20(24)27)11-13-5-6-17(29-13)23-7-9-28-10-8-23/h2-6,11H,7-10H2,1H3,(H,22,25,27)/b14-11+. The first-order valence-electron chi connectivity index (χ1n) is 9.05. The average molecular weight is 416 g/mol. The zero-order valence-corrected chi connectivity index (χ0v) is 16.4. The molecule has 2 saturated heterocycles. The van der Waals surface area contributed by atoms with Crippen molar-refractivity contribution >= 4 is 47.1 Å². The Hall–Kier alpha value is -3.10. The number of carbonyl (C=O) groups excluding carboxylic acids is 3. The van der Waals surface area contributed by atoms with Gasteiger partial charge in [-0.05, 0) is 36.8 Å². The molecule has 9 heteroatoms. The van der Waals surface area contributed by atoms with E-state index in [1.165, 1.54) is 6.08 Å². The fourth-order valence-corrected chi connectivity index (χ4v) is 3.40. The highest BCUT2D eigenvalue weighted by Crippen LogP contribution is 2.30. The number of benzene rings is 1. The van der Waals surface area contributed by atoms with Gasteiger partial charge >= 0.3 is 6.03 Å². The molecule has 0 saturated carbocycles. The lowest BCUT2D eigenvalue weighted by Crippen LogP contribution is -2.54. The summed E-state index contributed by atoms with van der Waals surface area (Å²) in [7, 11) is 0. The third-order valence-electron chi connectivity index (χ3n) is 4.80. The van der Waals surface area contributed by atoms with E-state index in [0.29, 0.717) is 54.2 Å². The number of halogens is 1. The number of barbiturate groups is 1. The van der Waals surface area contributed by atoms with E-state index >= 15 is 0 Å². The number of nitrogens with one attached hydrogen (secondary N) is 1. The lowest BCUT2D eigenvalue weighted by molar-refractivity contribution is -0.122. The molecule has 8 nitrogen and oxygen atoms in total. The zero-order valence-electron chi connectivity index (χ0n) is 15.6. The van der Waals surface area contributed by atoms with Gasteiger partial charge in [0.15, 0.2) is 5.88 Å². The van der Waals surface area contributed by atoms with Crippen LogP contribution in [0.5, 0.6) is 0 Å². The number of amides is 4.